The Morgan fingerprint density at radius 2 is 2.31 bits per heavy atom. The lowest BCUT2D eigenvalue weighted by atomic mass is 10.2. The molecule has 0 atom stereocenters. The third kappa shape index (κ3) is 2.72. The van der Waals surface area contributed by atoms with Gasteiger partial charge < -0.3 is 10.2 Å². The summed E-state index contributed by atoms with van der Waals surface area (Å²) >= 11 is 3.27. The number of guanidine groups is 1. The minimum atomic E-state index is -0.229. The lowest BCUT2D eigenvalue weighted by molar-refractivity contribution is 0.533. The van der Waals surface area contributed by atoms with E-state index < -0.39 is 0 Å². The molecule has 0 saturated heterocycles. The highest BCUT2D eigenvalue weighted by molar-refractivity contribution is 9.10. The molecule has 16 heavy (non-hydrogen) atoms. The van der Waals surface area contributed by atoms with Gasteiger partial charge in [-0.2, -0.15) is 0 Å². The number of hydrogen-bond acceptors (Lipinski definition) is 3. The van der Waals surface area contributed by atoms with Gasteiger partial charge in [-0.3, -0.25) is 4.99 Å². The largest absolute Gasteiger partial charge is 0.352 e. The maximum Gasteiger partial charge on any atom is 0.194 e. The van der Waals surface area contributed by atoms with Gasteiger partial charge in [-0.15, -0.1) is 0 Å². The molecule has 0 fully saturated rings. The van der Waals surface area contributed by atoms with Gasteiger partial charge >= 0.3 is 0 Å². The molecule has 1 heterocycles. The number of halogens is 2. The Hall–Kier alpha value is -1.10. The number of nitrogens with one attached hydrogen (secondary N) is 1. The van der Waals surface area contributed by atoms with Crippen molar-refractivity contribution in [2.45, 2.75) is 6.54 Å². The van der Waals surface area contributed by atoms with E-state index in [9.17, 15) is 4.39 Å². The lowest BCUT2D eigenvalue weighted by Crippen LogP contribution is -2.35. The van der Waals surface area contributed by atoms with Crippen molar-refractivity contribution in [2.24, 2.45) is 4.99 Å². The zero-order valence-corrected chi connectivity index (χ0v) is 10.6. The van der Waals surface area contributed by atoms with E-state index in [0.717, 1.165) is 29.1 Å². The number of hydrogen-bond donors (Lipinski definition) is 1. The number of aliphatic imine (C=N–C) groups is 1. The first-order valence-corrected chi connectivity index (χ1v) is 5.89. The maximum atomic E-state index is 13.1. The molecular formula is C11H13BrFN3. The molecule has 86 valence electrons. The smallest absolute Gasteiger partial charge is 0.194 e. The van der Waals surface area contributed by atoms with Gasteiger partial charge in [0.05, 0.1) is 6.54 Å². The SMILES string of the molecule is CN1CCN=C1NCc1cc(F)cc(Br)c1. The fourth-order valence-corrected chi connectivity index (χ4v) is 2.13. The first kappa shape index (κ1) is 11.4. The third-order valence-electron chi connectivity index (χ3n) is 2.43. The standard InChI is InChI=1S/C11H13BrFN3/c1-16-3-2-14-11(16)15-7-8-4-9(12)6-10(13)5-8/h4-6H,2-3,7H2,1H3,(H,14,15). The van der Waals surface area contributed by atoms with Crippen LogP contribution >= 0.6 is 15.9 Å². The van der Waals surface area contributed by atoms with E-state index in [4.69, 9.17) is 0 Å². The van der Waals surface area contributed by atoms with Gasteiger partial charge in [0.1, 0.15) is 5.82 Å². The van der Waals surface area contributed by atoms with Crippen molar-refractivity contribution in [1.82, 2.24) is 10.2 Å². The molecule has 1 aliphatic heterocycles. The fraction of sp³-hybridized carbons (Fsp3) is 0.364. The lowest BCUT2D eigenvalue weighted by Gasteiger charge is -2.15. The van der Waals surface area contributed by atoms with Gasteiger partial charge in [0.2, 0.25) is 0 Å². The van der Waals surface area contributed by atoms with Crippen LogP contribution in [0.15, 0.2) is 27.7 Å². The minimum Gasteiger partial charge on any atom is -0.352 e. The second kappa shape index (κ2) is 4.82. The monoisotopic (exact) mass is 285 g/mol. The summed E-state index contributed by atoms with van der Waals surface area (Å²) in [4.78, 5) is 6.35. The summed E-state index contributed by atoms with van der Waals surface area (Å²) in [6.45, 7) is 2.35. The zero-order valence-electron chi connectivity index (χ0n) is 9.00. The first-order chi connectivity index (χ1) is 7.65. The molecule has 1 N–H and O–H groups in total. The number of likely N-dealkylation sites (N-methyl/N-ethyl adjacent to an activating group) is 1. The predicted octanol–water partition coefficient (Wildman–Crippen LogP) is 1.98. The number of nitrogens with zero attached hydrogens (tertiary/aromatic N) is 2. The summed E-state index contributed by atoms with van der Waals surface area (Å²) in [6.07, 6.45) is 0. The summed E-state index contributed by atoms with van der Waals surface area (Å²) in [5.41, 5.74) is 0.898. The molecular weight excluding hydrogens is 273 g/mol. The molecule has 1 aliphatic rings. The second-order valence-electron chi connectivity index (χ2n) is 3.76. The maximum absolute atomic E-state index is 13.1. The molecule has 0 amide bonds. The molecule has 0 saturated carbocycles. The molecule has 0 aliphatic carbocycles. The Morgan fingerprint density at radius 1 is 1.50 bits per heavy atom. The first-order valence-electron chi connectivity index (χ1n) is 5.09. The predicted molar refractivity (Wildman–Crippen MR) is 65.9 cm³/mol. The Balaban J connectivity index is 1.99. The van der Waals surface area contributed by atoms with Gasteiger partial charge in [-0.25, -0.2) is 4.39 Å². The fourth-order valence-electron chi connectivity index (χ4n) is 1.62. The van der Waals surface area contributed by atoms with E-state index in [1.165, 1.54) is 12.1 Å². The number of benzene rings is 1. The Labute approximate surface area is 102 Å². The van der Waals surface area contributed by atoms with Gasteiger partial charge in [-0.1, -0.05) is 15.9 Å². The molecule has 0 radical (unpaired) electrons. The average Bonchev–Trinajstić information content (AvgIpc) is 2.59. The van der Waals surface area contributed by atoms with Crippen molar-refractivity contribution in [3.63, 3.8) is 0 Å². The molecule has 1 aromatic carbocycles. The van der Waals surface area contributed by atoms with Crippen LogP contribution < -0.4 is 5.32 Å². The van der Waals surface area contributed by atoms with E-state index in [-0.39, 0.29) is 5.82 Å². The van der Waals surface area contributed by atoms with Crippen LogP contribution in [-0.4, -0.2) is 31.0 Å². The Morgan fingerprint density at radius 3 is 2.94 bits per heavy atom. The Bertz CT molecular complexity index is 399. The Kier molecular flexibility index (Phi) is 3.43. The van der Waals surface area contributed by atoms with Crippen LogP contribution in [0.25, 0.3) is 0 Å². The van der Waals surface area contributed by atoms with Crippen LogP contribution in [0.5, 0.6) is 0 Å². The van der Waals surface area contributed by atoms with E-state index >= 15 is 0 Å². The quantitative estimate of drug-likeness (QED) is 0.900. The van der Waals surface area contributed by atoms with Crippen LogP contribution in [0.2, 0.25) is 0 Å². The molecule has 5 heteroatoms. The van der Waals surface area contributed by atoms with Crippen molar-refractivity contribution in [3.05, 3.63) is 34.1 Å². The molecule has 0 aromatic heterocycles. The average molecular weight is 286 g/mol. The minimum absolute atomic E-state index is 0.229. The van der Waals surface area contributed by atoms with Crippen molar-refractivity contribution in [3.8, 4) is 0 Å². The highest BCUT2D eigenvalue weighted by Gasteiger charge is 2.11. The summed E-state index contributed by atoms with van der Waals surface area (Å²) in [6, 6.07) is 4.86. The molecule has 3 nitrogen and oxygen atoms in total. The summed E-state index contributed by atoms with van der Waals surface area (Å²) < 4.78 is 13.9. The van der Waals surface area contributed by atoms with Crippen molar-refractivity contribution < 1.29 is 4.39 Å². The van der Waals surface area contributed by atoms with Crippen molar-refractivity contribution >= 4 is 21.9 Å². The van der Waals surface area contributed by atoms with Gasteiger partial charge in [0, 0.05) is 24.6 Å². The van der Waals surface area contributed by atoms with Crippen molar-refractivity contribution in [2.75, 3.05) is 20.1 Å². The highest BCUT2D eigenvalue weighted by atomic mass is 79.9. The molecule has 1 aromatic rings. The van der Waals surface area contributed by atoms with Crippen LogP contribution in [-0.2, 0) is 6.54 Å². The molecule has 0 unspecified atom stereocenters. The summed E-state index contributed by atoms with van der Waals surface area (Å²) in [5.74, 6) is 0.647. The molecule has 2 rings (SSSR count). The zero-order chi connectivity index (χ0) is 11.5. The van der Waals surface area contributed by atoms with Crippen LogP contribution in [0.1, 0.15) is 5.56 Å². The summed E-state index contributed by atoms with van der Waals surface area (Å²) in [7, 11) is 1.99. The van der Waals surface area contributed by atoms with Crippen LogP contribution in [0.4, 0.5) is 4.39 Å². The van der Waals surface area contributed by atoms with E-state index in [2.05, 4.69) is 26.2 Å². The van der Waals surface area contributed by atoms with E-state index in [1.54, 1.807) is 0 Å². The van der Waals surface area contributed by atoms with Crippen molar-refractivity contribution in [1.29, 1.82) is 0 Å². The van der Waals surface area contributed by atoms with Crippen LogP contribution in [0.3, 0.4) is 0 Å². The normalized spacial score (nSPS) is 15.2. The van der Waals surface area contributed by atoms with Gasteiger partial charge in [0.25, 0.3) is 0 Å². The second-order valence-corrected chi connectivity index (χ2v) is 4.67. The number of rotatable bonds is 2. The topological polar surface area (TPSA) is 27.6 Å². The molecule has 0 bridgehead atoms. The van der Waals surface area contributed by atoms with Crippen LogP contribution in [0, 0.1) is 5.82 Å². The third-order valence-corrected chi connectivity index (χ3v) is 2.89. The van der Waals surface area contributed by atoms with E-state index in [0.29, 0.717) is 6.54 Å². The summed E-state index contributed by atoms with van der Waals surface area (Å²) in [5, 5.41) is 3.19. The van der Waals surface area contributed by atoms with Gasteiger partial charge in [0.15, 0.2) is 5.96 Å². The van der Waals surface area contributed by atoms with E-state index in [1.807, 2.05) is 18.0 Å². The molecule has 0 spiro atoms. The highest BCUT2D eigenvalue weighted by Crippen LogP contribution is 2.14. The van der Waals surface area contributed by atoms with Gasteiger partial charge in [-0.05, 0) is 23.8 Å².